The van der Waals surface area contributed by atoms with E-state index in [0.717, 1.165) is 5.92 Å². The number of hydrogen-bond donors (Lipinski definition) is 1. The molecule has 0 fully saturated rings. The first-order valence-corrected chi connectivity index (χ1v) is 7.59. The molecule has 0 aromatic carbocycles. The standard InChI is InChI=1S/C16H35N/c1-7-8-9-10-11-12-15(17-6)13-14(2)16(3,4)5/h14-15,17H,7-13H2,1-6H3. The SMILES string of the molecule is CCCCCCCC(CC(C)C(C)(C)C)NC. The average molecular weight is 241 g/mol. The molecule has 0 heterocycles. The molecule has 0 aliphatic rings. The Balaban J connectivity index is 3.76. The van der Waals surface area contributed by atoms with E-state index < -0.39 is 0 Å². The lowest BCUT2D eigenvalue weighted by Crippen LogP contribution is -2.31. The van der Waals surface area contributed by atoms with Crippen molar-refractivity contribution in [2.75, 3.05) is 7.05 Å². The Morgan fingerprint density at radius 2 is 1.59 bits per heavy atom. The van der Waals surface area contributed by atoms with E-state index in [1.807, 2.05) is 0 Å². The van der Waals surface area contributed by atoms with Crippen LogP contribution in [0.1, 0.15) is 79.6 Å². The molecule has 0 aliphatic carbocycles. The molecule has 0 radical (unpaired) electrons. The molecule has 2 unspecified atom stereocenters. The smallest absolute Gasteiger partial charge is 0.00668 e. The molecule has 1 heteroatoms. The molecule has 0 saturated heterocycles. The van der Waals surface area contributed by atoms with E-state index in [9.17, 15) is 0 Å². The lowest BCUT2D eigenvalue weighted by atomic mass is 9.78. The van der Waals surface area contributed by atoms with Crippen LogP contribution in [0.3, 0.4) is 0 Å². The Labute approximate surface area is 110 Å². The Kier molecular flexibility index (Phi) is 8.94. The van der Waals surface area contributed by atoms with Crippen molar-refractivity contribution < 1.29 is 0 Å². The van der Waals surface area contributed by atoms with Crippen molar-refractivity contribution in [1.29, 1.82) is 0 Å². The average Bonchev–Trinajstić information content (AvgIpc) is 2.25. The van der Waals surface area contributed by atoms with Crippen molar-refractivity contribution in [2.45, 2.75) is 85.6 Å². The second-order valence-electron chi connectivity index (χ2n) is 6.69. The van der Waals surface area contributed by atoms with E-state index in [2.05, 4.69) is 47.0 Å². The third kappa shape index (κ3) is 8.65. The first-order chi connectivity index (χ1) is 7.91. The van der Waals surface area contributed by atoms with E-state index in [-0.39, 0.29) is 0 Å². The van der Waals surface area contributed by atoms with Crippen molar-refractivity contribution in [3.05, 3.63) is 0 Å². The predicted molar refractivity (Wildman–Crippen MR) is 79.5 cm³/mol. The summed E-state index contributed by atoms with van der Waals surface area (Å²) in [7, 11) is 2.12. The summed E-state index contributed by atoms with van der Waals surface area (Å²) in [5.41, 5.74) is 0.442. The van der Waals surface area contributed by atoms with E-state index in [1.54, 1.807) is 0 Å². The molecule has 0 aromatic rings. The van der Waals surface area contributed by atoms with Gasteiger partial charge in [0.05, 0.1) is 0 Å². The first-order valence-electron chi connectivity index (χ1n) is 7.59. The highest BCUT2D eigenvalue weighted by molar-refractivity contribution is 4.76. The van der Waals surface area contributed by atoms with Gasteiger partial charge in [0.2, 0.25) is 0 Å². The topological polar surface area (TPSA) is 12.0 Å². The van der Waals surface area contributed by atoms with Gasteiger partial charge in [-0.05, 0) is 31.2 Å². The van der Waals surface area contributed by atoms with Crippen LogP contribution < -0.4 is 5.32 Å². The summed E-state index contributed by atoms with van der Waals surface area (Å²) >= 11 is 0. The van der Waals surface area contributed by atoms with Crippen LogP contribution in [0.25, 0.3) is 0 Å². The van der Waals surface area contributed by atoms with Crippen LogP contribution in [0.15, 0.2) is 0 Å². The molecular weight excluding hydrogens is 206 g/mol. The van der Waals surface area contributed by atoms with Gasteiger partial charge in [-0.1, -0.05) is 66.7 Å². The first kappa shape index (κ1) is 17.0. The second-order valence-corrected chi connectivity index (χ2v) is 6.69. The zero-order chi connectivity index (χ0) is 13.3. The largest absolute Gasteiger partial charge is 0.317 e. The summed E-state index contributed by atoms with van der Waals surface area (Å²) in [6.45, 7) is 11.7. The molecular formula is C16H35N. The minimum Gasteiger partial charge on any atom is -0.317 e. The van der Waals surface area contributed by atoms with Gasteiger partial charge in [0.25, 0.3) is 0 Å². The molecule has 17 heavy (non-hydrogen) atoms. The molecule has 1 N–H and O–H groups in total. The molecule has 104 valence electrons. The Hall–Kier alpha value is -0.0400. The second kappa shape index (κ2) is 8.97. The third-order valence-electron chi connectivity index (χ3n) is 4.18. The normalized spacial score (nSPS) is 15.9. The Morgan fingerprint density at radius 3 is 2.06 bits per heavy atom. The van der Waals surface area contributed by atoms with Gasteiger partial charge in [-0.3, -0.25) is 0 Å². The van der Waals surface area contributed by atoms with Crippen molar-refractivity contribution in [3.63, 3.8) is 0 Å². The molecule has 0 saturated carbocycles. The fourth-order valence-electron chi connectivity index (χ4n) is 2.15. The maximum Gasteiger partial charge on any atom is 0.00668 e. The van der Waals surface area contributed by atoms with Crippen molar-refractivity contribution in [1.82, 2.24) is 5.32 Å². The summed E-state index contributed by atoms with van der Waals surface area (Å²) in [5, 5.41) is 3.50. The molecule has 0 amide bonds. The highest BCUT2D eigenvalue weighted by Crippen LogP contribution is 2.29. The van der Waals surface area contributed by atoms with Crippen molar-refractivity contribution >= 4 is 0 Å². The zero-order valence-corrected chi connectivity index (χ0v) is 13.1. The van der Waals surface area contributed by atoms with Crippen molar-refractivity contribution in [3.8, 4) is 0 Å². The summed E-state index contributed by atoms with van der Waals surface area (Å²) < 4.78 is 0. The van der Waals surface area contributed by atoms with Gasteiger partial charge in [-0.2, -0.15) is 0 Å². The predicted octanol–water partition coefficient (Wildman–Crippen LogP) is 5.01. The quantitative estimate of drug-likeness (QED) is 0.560. The summed E-state index contributed by atoms with van der Waals surface area (Å²) in [5.74, 6) is 0.788. The van der Waals surface area contributed by atoms with Gasteiger partial charge >= 0.3 is 0 Å². The molecule has 0 aromatic heterocycles. The number of unbranched alkanes of at least 4 members (excludes halogenated alkanes) is 4. The minimum atomic E-state index is 0.442. The van der Waals surface area contributed by atoms with Gasteiger partial charge < -0.3 is 5.32 Å². The highest BCUT2D eigenvalue weighted by Gasteiger charge is 2.22. The van der Waals surface area contributed by atoms with E-state index >= 15 is 0 Å². The highest BCUT2D eigenvalue weighted by atomic mass is 14.9. The van der Waals surface area contributed by atoms with E-state index in [0.29, 0.717) is 11.5 Å². The summed E-state index contributed by atoms with van der Waals surface area (Å²) in [6.07, 6.45) is 9.63. The molecule has 0 aliphatic heterocycles. The van der Waals surface area contributed by atoms with Gasteiger partial charge in [0.15, 0.2) is 0 Å². The van der Waals surface area contributed by atoms with Crippen molar-refractivity contribution in [2.24, 2.45) is 11.3 Å². The monoisotopic (exact) mass is 241 g/mol. The summed E-state index contributed by atoms with van der Waals surface area (Å²) in [4.78, 5) is 0. The van der Waals surface area contributed by atoms with E-state index in [1.165, 1.54) is 44.9 Å². The van der Waals surface area contributed by atoms with Gasteiger partial charge in [0, 0.05) is 6.04 Å². The van der Waals surface area contributed by atoms with Gasteiger partial charge in [-0.25, -0.2) is 0 Å². The molecule has 0 spiro atoms. The lowest BCUT2D eigenvalue weighted by Gasteiger charge is -2.30. The van der Waals surface area contributed by atoms with Crippen LogP contribution in [0, 0.1) is 11.3 Å². The Morgan fingerprint density at radius 1 is 1.00 bits per heavy atom. The van der Waals surface area contributed by atoms with Crippen LogP contribution in [0.5, 0.6) is 0 Å². The van der Waals surface area contributed by atoms with Gasteiger partial charge in [0.1, 0.15) is 0 Å². The zero-order valence-electron chi connectivity index (χ0n) is 13.1. The number of nitrogens with one attached hydrogen (secondary N) is 1. The molecule has 0 bridgehead atoms. The number of hydrogen-bond acceptors (Lipinski definition) is 1. The molecule has 1 nitrogen and oxygen atoms in total. The molecule has 2 atom stereocenters. The third-order valence-corrected chi connectivity index (χ3v) is 4.18. The molecule has 0 rings (SSSR count). The minimum absolute atomic E-state index is 0.442. The maximum atomic E-state index is 3.50. The van der Waals surface area contributed by atoms with Crippen LogP contribution in [-0.4, -0.2) is 13.1 Å². The van der Waals surface area contributed by atoms with Gasteiger partial charge in [-0.15, -0.1) is 0 Å². The van der Waals surface area contributed by atoms with Crippen LogP contribution in [0.2, 0.25) is 0 Å². The van der Waals surface area contributed by atoms with Crippen LogP contribution in [0.4, 0.5) is 0 Å². The number of rotatable bonds is 9. The summed E-state index contributed by atoms with van der Waals surface area (Å²) in [6, 6.07) is 0.714. The van der Waals surface area contributed by atoms with E-state index in [4.69, 9.17) is 0 Å². The lowest BCUT2D eigenvalue weighted by molar-refractivity contribution is 0.220. The Bertz CT molecular complexity index is 169. The van der Waals surface area contributed by atoms with Crippen LogP contribution in [-0.2, 0) is 0 Å². The fourth-order valence-corrected chi connectivity index (χ4v) is 2.15. The van der Waals surface area contributed by atoms with Crippen LogP contribution >= 0.6 is 0 Å². The fraction of sp³-hybridized carbons (Fsp3) is 1.00. The maximum absolute atomic E-state index is 3.50.